The van der Waals surface area contributed by atoms with Crippen molar-refractivity contribution < 1.29 is 14.6 Å². The van der Waals surface area contributed by atoms with Gasteiger partial charge < -0.3 is 14.6 Å². The highest BCUT2D eigenvalue weighted by atomic mass is 16.7. The van der Waals surface area contributed by atoms with E-state index in [4.69, 9.17) is 9.47 Å². The minimum atomic E-state index is -1.21. The third-order valence-electron chi connectivity index (χ3n) is 3.62. The Hall–Kier alpha value is -1.16. The predicted molar refractivity (Wildman–Crippen MR) is 105 cm³/mol. The van der Waals surface area contributed by atoms with Crippen molar-refractivity contribution in [2.24, 2.45) is 5.92 Å². The molecule has 0 saturated carbocycles. The number of aliphatic hydroxyl groups is 1. The van der Waals surface area contributed by atoms with Crippen LogP contribution in [0.25, 0.3) is 0 Å². The van der Waals surface area contributed by atoms with Gasteiger partial charge in [-0.15, -0.1) is 0 Å². The maximum Gasteiger partial charge on any atom is 0.196 e. The fourth-order valence-electron chi connectivity index (χ4n) is 2.44. The number of hydrogen-bond acceptors (Lipinski definition) is 3. The quantitative estimate of drug-likeness (QED) is 0.629. The third-order valence-corrected chi connectivity index (χ3v) is 3.62. The first-order valence-corrected chi connectivity index (χ1v) is 8.55. The largest absolute Gasteiger partial charge is 0.371 e. The lowest BCUT2D eigenvalue weighted by atomic mass is 9.90. The Kier molecular flexibility index (Phi) is 14.8. The predicted octanol–water partition coefficient (Wildman–Crippen LogP) is 5.44. The van der Waals surface area contributed by atoms with Crippen molar-refractivity contribution >= 4 is 0 Å². The Morgan fingerprint density at radius 2 is 1.75 bits per heavy atom. The SMILES string of the molecule is C.C/C=C\C=C(/C)COCC1(O)OCCC1/C(C)=C/C=C\C.CC. The molecule has 1 aliphatic rings. The van der Waals surface area contributed by atoms with Crippen LogP contribution in [0.5, 0.6) is 0 Å². The third kappa shape index (κ3) is 8.62. The molecule has 3 nitrogen and oxygen atoms in total. The zero-order chi connectivity index (χ0) is 17.7. The summed E-state index contributed by atoms with van der Waals surface area (Å²) in [5, 5.41) is 10.7. The highest BCUT2D eigenvalue weighted by Gasteiger charge is 2.43. The summed E-state index contributed by atoms with van der Waals surface area (Å²) >= 11 is 0. The average Bonchev–Trinajstić information content (AvgIpc) is 2.94. The van der Waals surface area contributed by atoms with Gasteiger partial charge >= 0.3 is 0 Å². The highest BCUT2D eigenvalue weighted by Crippen LogP contribution is 2.35. The maximum atomic E-state index is 10.7. The molecule has 1 heterocycles. The summed E-state index contributed by atoms with van der Waals surface area (Å²) in [6.07, 6.45) is 12.8. The van der Waals surface area contributed by atoms with Gasteiger partial charge in [-0.1, -0.05) is 63.3 Å². The Balaban J connectivity index is 0. The van der Waals surface area contributed by atoms with Crippen LogP contribution in [0.2, 0.25) is 0 Å². The van der Waals surface area contributed by atoms with E-state index in [1.165, 1.54) is 0 Å². The van der Waals surface area contributed by atoms with Crippen LogP contribution in [0, 0.1) is 5.92 Å². The molecule has 1 fully saturated rings. The van der Waals surface area contributed by atoms with E-state index in [1.807, 2.05) is 78.0 Å². The number of ether oxygens (including phenoxy) is 2. The molecule has 1 aliphatic heterocycles. The molecule has 24 heavy (non-hydrogen) atoms. The first-order valence-electron chi connectivity index (χ1n) is 8.55. The van der Waals surface area contributed by atoms with Gasteiger partial charge in [0.2, 0.25) is 0 Å². The average molecular weight is 339 g/mol. The van der Waals surface area contributed by atoms with Crippen LogP contribution in [-0.2, 0) is 9.47 Å². The first-order chi connectivity index (χ1) is 11.0. The molecule has 0 aliphatic carbocycles. The highest BCUT2D eigenvalue weighted by molar-refractivity contribution is 5.16. The van der Waals surface area contributed by atoms with Crippen LogP contribution >= 0.6 is 0 Å². The smallest absolute Gasteiger partial charge is 0.196 e. The van der Waals surface area contributed by atoms with Gasteiger partial charge in [-0.3, -0.25) is 0 Å². The summed E-state index contributed by atoms with van der Waals surface area (Å²) in [7, 11) is 0. The molecule has 0 aromatic heterocycles. The second-order valence-corrected chi connectivity index (χ2v) is 5.50. The molecular weight excluding hydrogens is 300 g/mol. The Morgan fingerprint density at radius 3 is 2.33 bits per heavy atom. The van der Waals surface area contributed by atoms with Gasteiger partial charge in [0.05, 0.1) is 13.2 Å². The fraction of sp³-hybridized carbons (Fsp3) is 0.619. The van der Waals surface area contributed by atoms with Gasteiger partial charge in [-0.05, 0) is 39.7 Å². The lowest BCUT2D eigenvalue weighted by Crippen LogP contribution is -2.41. The van der Waals surface area contributed by atoms with Gasteiger partial charge in [0.15, 0.2) is 5.79 Å². The normalized spacial score (nSPS) is 24.9. The zero-order valence-electron chi connectivity index (χ0n) is 15.6. The summed E-state index contributed by atoms with van der Waals surface area (Å²) in [4.78, 5) is 0. The Labute approximate surface area is 149 Å². The Morgan fingerprint density at radius 1 is 1.17 bits per heavy atom. The molecule has 1 N–H and O–H groups in total. The summed E-state index contributed by atoms with van der Waals surface area (Å²) < 4.78 is 11.2. The van der Waals surface area contributed by atoms with Crippen molar-refractivity contribution in [2.75, 3.05) is 19.8 Å². The van der Waals surface area contributed by atoms with Crippen molar-refractivity contribution in [3.8, 4) is 0 Å². The van der Waals surface area contributed by atoms with E-state index in [-0.39, 0.29) is 20.0 Å². The molecule has 1 saturated heterocycles. The van der Waals surface area contributed by atoms with Crippen LogP contribution in [0.1, 0.15) is 55.4 Å². The monoisotopic (exact) mass is 338 g/mol. The Bertz CT molecular complexity index is 432. The van der Waals surface area contributed by atoms with Crippen molar-refractivity contribution in [1.82, 2.24) is 0 Å². The lowest BCUT2D eigenvalue weighted by Gasteiger charge is -2.29. The second-order valence-electron chi connectivity index (χ2n) is 5.50. The second kappa shape index (κ2) is 14.2. The molecule has 1 rings (SSSR count). The zero-order valence-corrected chi connectivity index (χ0v) is 15.6. The van der Waals surface area contributed by atoms with Crippen LogP contribution in [0.3, 0.4) is 0 Å². The molecular formula is C21H38O3. The summed E-state index contributed by atoms with van der Waals surface area (Å²) in [6, 6.07) is 0. The molecule has 0 amide bonds. The molecule has 2 atom stereocenters. The molecule has 140 valence electrons. The van der Waals surface area contributed by atoms with Gasteiger partial charge in [0.25, 0.3) is 0 Å². The summed E-state index contributed by atoms with van der Waals surface area (Å²) in [6.45, 7) is 13.3. The first kappa shape index (κ1) is 25.1. The van der Waals surface area contributed by atoms with Crippen molar-refractivity contribution in [3.63, 3.8) is 0 Å². The minimum Gasteiger partial charge on any atom is -0.371 e. The van der Waals surface area contributed by atoms with Crippen molar-refractivity contribution in [1.29, 1.82) is 0 Å². The topological polar surface area (TPSA) is 38.7 Å². The van der Waals surface area contributed by atoms with E-state index < -0.39 is 5.79 Å². The van der Waals surface area contributed by atoms with E-state index in [0.29, 0.717) is 13.2 Å². The van der Waals surface area contributed by atoms with Gasteiger partial charge in [-0.25, -0.2) is 0 Å². The number of rotatable bonds is 7. The molecule has 0 aromatic rings. The molecule has 0 aromatic carbocycles. The molecule has 2 unspecified atom stereocenters. The van der Waals surface area contributed by atoms with Crippen LogP contribution in [0.4, 0.5) is 0 Å². The van der Waals surface area contributed by atoms with E-state index in [0.717, 1.165) is 17.6 Å². The van der Waals surface area contributed by atoms with E-state index >= 15 is 0 Å². The van der Waals surface area contributed by atoms with Gasteiger partial charge in [0, 0.05) is 5.92 Å². The van der Waals surface area contributed by atoms with Crippen molar-refractivity contribution in [3.05, 3.63) is 47.6 Å². The van der Waals surface area contributed by atoms with Gasteiger partial charge in [-0.2, -0.15) is 0 Å². The molecule has 0 radical (unpaired) electrons. The lowest BCUT2D eigenvalue weighted by molar-refractivity contribution is -0.218. The van der Waals surface area contributed by atoms with Crippen LogP contribution in [0.15, 0.2) is 47.6 Å². The van der Waals surface area contributed by atoms with Gasteiger partial charge in [0.1, 0.15) is 6.61 Å². The molecule has 3 heteroatoms. The molecule has 0 bridgehead atoms. The minimum absolute atomic E-state index is 0. The maximum absolute atomic E-state index is 10.7. The van der Waals surface area contributed by atoms with Crippen LogP contribution in [-0.4, -0.2) is 30.7 Å². The summed E-state index contributed by atoms with van der Waals surface area (Å²) in [5.74, 6) is -1.21. The van der Waals surface area contributed by atoms with E-state index in [1.54, 1.807) is 0 Å². The number of hydrogen-bond donors (Lipinski definition) is 1. The number of allylic oxidation sites excluding steroid dienone is 6. The van der Waals surface area contributed by atoms with E-state index in [2.05, 4.69) is 0 Å². The standard InChI is InChI=1S/C18H28O3.C2H6.CH4/c1-5-7-9-15(3)13-20-14-18(19)17(11-12-21-18)16(4)10-8-6-2;1-2;/h5-10,17,19H,11-14H2,1-4H3;1-2H3;1H4/b7-5-,8-6-,15-9+,16-10+;;. The van der Waals surface area contributed by atoms with Crippen molar-refractivity contribution in [2.45, 2.75) is 61.2 Å². The van der Waals surface area contributed by atoms with Crippen LogP contribution < -0.4 is 0 Å². The fourth-order valence-corrected chi connectivity index (χ4v) is 2.44. The molecule has 0 spiro atoms. The summed E-state index contributed by atoms with van der Waals surface area (Å²) in [5.41, 5.74) is 2.24. The van der Waals surface area contributed by atoms with E-state index in [9.17, 15) is 5.11 Å².